The Kier molecular flexibility index (Phi) is 11.7. The Morgan fingerprint density at radius 2 is 1.79 bits per heavy atom. The number of aliphatic hydroxyl groups excluding tert-OH is 2. The lowest BCUT2D eigenvalue weighted by molar-refractivity contribution is -0.193. The van der Waals surface area contributed by atoms with Crippen molar-refractivity contribution in [3.8, 4) is 0 Å². The van der Waals surface area contributed by atoms with Gasteiger partial charge in [-0.2, -0.15) is 0 Å². The minimum Gasteiger partial charge on any atom is -0.478 e. The summed E-state index contributed by atoms with van der Waals surface area (Å²) < 4.78 is 22.2. The van der Waals surface area contributed by atoms with Crippen LogP contribution in [0.5, 0.6) is 0 Å². The third-order valence-electron chi connectivity index (χ3n) is 5.92. The number of ether oxygens (including phenoxy) is 4. The van der Waals surface area contributed by atoms with Crippen molar-refractivity contribution in [2.24, 2.45) is 17.4 Å². The number of carbonyl (C=O) groups is 3. The molecule has 0 aliphatic carbocycles. The average molecular weight is 551 g/mol. The molecule has 8 N–H and O–H groups in total. The largest absolute Gasteiger partial charge is 0.478 e. The Morgan fingerprint density at radius 3 is 2.31 bits per heavy atom. The molecular formula is C26H38N4O9. The fourth-order valence-corrected chi connectivity index (χ4v) is 3.87. The summed E-state index contributed by atoms with van der Waals surface area (Å²) in [5.74, 6) is -2.86. The van der Waals surface area contributed by atoms with Gasteiger partial charge in [-0.25, -0.2) is 4.79 Å². The first kappa shape index (κ1) is 31.6. The van der Waals surface area contributed by atoms with Crippen LogP contribution in [0.3, 0.4) is 0 Å². The first-order valence-corrected chi connectivity index (χ1v) is 12.3. The molecule has 1 aliphatic heterocycles. The summed E-state index contributed by atoms with van der Waals surface area (Å²) in [4.78, 5) is 38.0. The highest BCUT2D eigenvalue weighted by molar-refractivity contribution is 5.87. The SMILES string of the molecule is C=C(N)N[C@H]1C=C(C(=O)OC(OC(=O)[C@@H](N)C(C)C)c2ccccc2)O[C@@H]([C@@H](OC)[C@H](O)CO)[C@@H]1NC(C)=O. The molecule has 216 valence electrons. The topological polar surface area (TPSA) is 205 Å². The van der Waals surface area contributed by atoms with E-state index in [0.29, 0.717) is 5.56 Å². The molecule has 0 radical (unpaired) electrons. The molecule has 0 saturated carbocycles. The van der Waals surface area contributed by atoms with Crippen molar-refractivity contribution < 1.29 is 43.5 Å². The van der Waals surface area contributed by atoms with Gasteiger partial charge in [0.2, 0.25) is 11.7 Å². The van der Waals surface area contributed by atoms with E-state index in [9.17, 15) is 24.6 Å². The third-order valence-corrected chi connectivity index (χ3v) is 5.92. The number of rotatable bonds is 13. The van der Waals surface area contributed by atoms with E-state index < -0.39 is 67.2 Å². The number of aliphatic hydroxyl groups is 2. The van der Waals surface area contributed by atoms with Crippen molar-refractivity contribution in [2.75, 3.05) is 13.7 Å². The average Bonchev–Trinajstić information content (AvgIpc) is 2.89. The van der Waals surface area contributed by atoms with E-state index in [1.54, 1.807) is 44.2 Å². The van der Waals surface area contributed by atoms with Crippen LogP contribution in [0.4, 0.5) is 0 Å². The van der Waals surface area contributed by atoms with E-state index in [-0.39, 0.29) is 17.5 Å². The fourth-order valence-electron chi connectivity index (χ4n) is 3.87. The second kappa shape index (κ2) is 14.5. The van der Waals surface area contributed by atoms with Gasteiger partial charge in [0.15, 0.2) is 6.10 Å². The summed E-state index contributed by atoms with van der Waals surface area (Å²) in [6.45, 7) is 7.66. The molecule has 0 aromatic heterocycles. The van der Waals surface area contributed by atoms with Crippen LogP contribution in [-0.2, 0) is 33.3 Å². The number of nitrogens with two attached hydrogens (primary N) is 2. The van der Waals surface area contributed by atoms with Crippen LogP contribution in [0.2, 0.25) is 0 Å². The molecule has 39 heavy (non-hydrogen) atoms. The Morgan fingerprint density at radius 1 is 1.15 bits per heavy atom. The van der Waals surface area contributed by atoms with Gasteiger partial charge in [0.25, 0.3) is 6.29 Å². The Labute approximate surface area is 227 Å². The number of benzene rings is 1. The molecule has 0 saturated heterocycles. The molecule has 1 aromatic rings. The van der Waals surface area contributed by atoms with Gasteiger partial charge in [0.1, 0.15) is 18.2 Å². The normalized spacial score (nSPS) is 21.8. The van der Waals surface area contributed by atoms with Crippen LogP contribution >= 0.6 is 0 Å². The minimum absolute atomic E-state index is 0.00964. The number of amides is 1. The lowest BCUT2D eigenvalue weighted by Crippen LogP contribution is -2.63. The number of esters is 2. The monoisotopic (exact) mass is 550 g/mol. The Bertz CT molecular complexity index is 1030. The zero-order chi connectivity index (χ0) is 29.3. The summed E-state index contributed by atoms with van der Waals surface area (Å²) in [5.41, 5.74) is 12.0. The van der Waals surface area contributed by atoms with Crippen LogP contribution in [0, 0.1) is 5.92 Å². The first-order chi connectivity index (χ1) is 18.4. The number of hydrogen-bond donors (Lipinski definition) is 6. The molecule has 1 aliphatic rings. The van der Waals surface area contributed by atoms with Crippen molar-refractivity contribution in [3.05, 3.63) is 60.1 Å². The van der Waals surface area contributed by atoms with E-state index in [2.05, 4.69) is 17.2 Å². The van der Waals surface area contributed by atoms with Gasteiger partial charge < -0.3 is 51.3 Å². The third kappa shape index (κ3) is 8.68. The van der Waals surface area contributed by atoms with Crippen molar-refractivity contribution in [1.82, 2.24) is 10.6 Å². The van der Waals surface area contributed by atoms with E-state index >= 15 is 0 Å². The summed E-state index contributed by atoms with van der Waals surface area (Å²) in [7, 11) is 1.27. The molecule has 1 amide bonds. The maximum Gasteiger partial charge on any atom is 0.376 e. The predicted molar refractivity (Wildman–Crippen MR) is 139 cm³/mol. The van der Waals surface area contributed by atoms with E-state index in [1.165, 1.54) is 20.1 Å². The van der Waals surface area contributed by atoms with Gasteiger partial charge in [-0.05, 0) is 12.0 Å². The van der Waals surface area contributed by atoms with Gasteiger partial charge in [0, 0.05) is 19.6 Å². The maximum atomic E-state index is 13.4. The highest BCUT2D eigenvalue weighted by Gasteiger charge is 2.45. The molecule has 2 rings (SSSR count). The number of methoxy groups -OCH3 is 1. The molecule has 1 heterocycles. The summed E-state index contributed by atoms with van der Waals surface area (Å²) in [6.07, 6.45) is -4.02. The number of nitrogens with one attached hydrogen (secondary N) is 2. The highest BCUT2D eigenvalue weighted by Crippen LogP contribution is 2.28. The van der Waals surface area contributed by atoms with Gasteiger partial charge in [-0.15, -0.1) is 0 Å². The van der Waals surface area contributed by atoms with Gasteiger partial charge in [-0.1, -0.05) is 50.8 Å². The molecule has 0 bridgehead atoms. The molecular weight excluding hydrogens is 512 g/mol. The van der Waals surface area contributed by atoms with Crippen LogP contribution in [-0.4, -0.2) is 78.2 Å². The van der Waals surface area contributed by atoms with Crippen LogP contribution in [0.1, 0.15) is 32.6 Å². The molecule has 1 aromatic carbocycles. The van der Waals surface area contributed by atoms with Crippen LogP contribution in [0.15, 0.2) is 54.6 Å². The summed E-state index contributed by atoms with van der Waals surface area (Å²) in [5, 5.41) is 25.4. The van der Waals surface area contributed by atoms with E-state index in [0.717, 1.165) is 0 Å². The van der Waals surface area contributed by atoms with Crippen LogP contribution in [0.25, 0.3) is 0 Å². The van der Waals surface area contributed by atoms with Crippen molar-refractivity contribution in [1.29, 1.82) is 0 Å². The zero-order valence-electron chi connectivity index (χ0n) is 22.4. The van der Waals surface area contributed by atoms with Gasteiger partial charge in [0.05, 0.1) is 24.5 Å². The standard InChI is InChI=1S/C26H38N4O9/c1-13(2)20(28)25(35)39-26(16-9-7-6-8-10-16)38-24(34)19-11-17(29-14(3)27)21(30-15(4)32)23(37-19)22(36-5)18(33)12-31/h6-11,13,17-18,20-23,26,29,31,33H,3,12,27-28H2,1-2,4-5H3,(H,30,32)/t17-,18+,20-,21+,22-,23+,26?/m0/s1. The van der Waals surface area contributed by atoms with Crippen molar-refractivity contribution in [3.63, 3.8) is 0 Å². The van der Waals surface area contributed by atoms with Crippen molar-refractivity contribution >= 4 is 17.8 Å². The number of hydrogen-bond acceptors (Lipinski definition) is 12. The minimum atomic E-state index is -1.47. The van der Waals surface area contributed by atoms with E-state index in [4.69, 9.17) is 30.4 Å². The Hall–Kier alpha value is -3.65. The molecule has 0 fully saturated rings. The van der Waals surface area contributed by atoms with Crippen LogP contribution < -0.4 is 22.1 Å². The fraction of sp³-hybridized carbons (Fsp3) is 0.500. The second-order valence-electron chi connectivity index (χ2n) is 9.34. The molecule has 1 unspecified atom stereocenters. The molecule has 13 heteroatoms. The van der Waals surface area contributed by atoms with E-state index in [1.807, 2.05) is 0 Å². The van der Waals surface area contributed by atoms with Crippen molar-refractivity contribution in [2.45, 2.75) is 63.5 Å². The van der Waals surface area contributed by atoms with Gasteiger partial charge >= 0.3 is 11.9 Å². The molecule has 0 spiro atoms. The van der Waals surface area contributed by atoms with Gasteiger partial charge in [-0.3, -0.25) is 9.59 Å². The highest BCUT2D eigenvalue weighted by atomic mass is 16.7. The summed E-state index contributed by atoms with van der Waals surface area (Å²) >= 11 is 0. The lowest BCUT2D eigenvalue weighted by atomic mass is 9.91. The predicted octanol–water partition coefficient (Wildman–Crippen LogP) is -0.701. The number of carbonyl (C=O) groups excluding carboxylic acids is 3. The maximum absolute atomic E-state index is 13.4. The summed E-state index contributed by atoms with van der Waals surface area (Å²) in [6, 6.07) is 5.48. The Balaban J connectivity index is 2.46. The molecule has 7 atom stereocenters. The second-order valence-corrected chi connectivity index (χ2v) is 9.34. The smallest absolute Gasteiger partial charge is 0.376 e. The quantitative estimate of drug-likeness (QED) is 0.133. The zero-order valence-corrected chi connectivity index (χ0v) is 22.4. The molecule has 13 nitrogen and oxygen atoms in total. The lowest BCUT2D eigenvalue weighted by Gasteiger charge is -2.41. The first-order valence-electron chi connectivity index (χ1n) is 12.3.